The smallest absolute Gasteiger partial charge is 0.335 e. The lowest BCUT2D eigenvalue weighted by molar-refractivity contribution is -0.136. The number of nitrogens with one attached hydrogen (secondary N) is 1. The van der Waals surface area contributed by atoms with Crippen LogP contribution < -0.4 is 5.32 Å². The lowest BCUT2D eigenvalue weighted by Crippen LogP contribution is -2.52. The summed E-state index contributed by atoms with van der Waals surface area (Å²) in [5.41, 5.74) is 3.64. The third-order valence-corrected chi connectivity index (χ3v) is 13.6. The van der Waals surface area contributed by atoms with Gasteiger partial charge in [-0.3, -0.25) is 19.7 Å². The molecule has 1 saturated heterocycles. The lowest BCUT2D eigenvalue weighted by Gasteiger charge is -2.57. The van der Waals surface area contributed by atoms with E-state index < -0.39 is 17.9 Å². The Hall–Kier alpha value is -3.17. The number of piperidine rings is 1. The van der Waals surface area contributed by atoms with Gasteiger partial charge < -0.3 is 10.0 Å². The quantitative estimate of drug-likeness (QED) is 0.210. The van der Waals surface area contributed by atoms with E-state index in [1.165, 1.54) is 55.4 Å². The van der Waals surface area contributed by atoms with Crippen molar-refractivity contribution in [1.29, 1.82) is 0 Å². The highest BCUT2D eigenvalue weighted by molar-refractivity contribution is 7.98. The van der Waals surface area contributed by atoms with Crippen molar-refractivity contribution >= 4 is 56.9 Å². The molecule has 4 aliphatic carbocycles. The van der Waals surface area contributed by atoms with Crippen LogP contribution in [-0.4, -0.2) is 39.7 Å². The zero-order valence-electron chi connectivity index (χ0n) is 24.6. The van der Waals surface area contributed by atoms with Crippen LogP contribution in [0.25, 0.3) is 10.1 Å². The summed E-state index contributed by atoms with van der Waals surface area (Å²) >= 11 is 3.48. The summed E-state index contributed by atoms with van der Waals surface area (Å²) in [5.74, 6) is 1.70. The molecule has 0 spiro atoms. The molecule has 0 radical (unpaired) electrons. The minimum Gasteiger partial charge on any atom is -0.478 e. The molecule has 4 saturated carbocycles. The molecule has 44 heavy (non-hydrogen) atoms. The van der Waals surface area contributed by atoms with Crippen molar-refractivity contribution in [1.82, 2.24) is 10.2 Å². The number of carboxylic acid groups (broad SMARTS) is 1. The van der Waals surface area contributed by atoms with Crippen LogP contribution in [0.15, 0.2) is 41.3 Å². The van der Waals surface area contributed by atoms with Gasteiger partial charge in [0, 0.05) is 38.8 Å². The number of hydrogen-bond acceptors (Lipinski definition) is 6. The van der Waals surface area contributed by atoms with Crippen LogP contribution in [0.1, 0.15) is 94.5 Å². The molecule has 6 aliphatic rings. The number of hydrogen-bond donors (Lipinski definition) is 2. The maximum absolute atomic E-state index is 13.4. The summed E-state index contributed by atoms with van der Waals surface area (Å²) < 4.78 is 1.13. The van der Waals surface area contributed by atoms with Gasteiger partial charge in [0.05, 0.1) is 5.56 Å². The third kappa shape index (κ3) is 4.87. The number of rotatable bonds is 8. The van der Waals surface area contributed by atoms with E-state index in [2.05, 4.69) is 11.4 Å². The van der Waals surface area contributed by atoms with Gasteiger partial charge in [-0.25, -0.2) is 4.79 Å². The predicted molar refractivity (Wildman–Crippen MR) is 170 cm³/mol. The second-order valence-corrected chi connectivity index (χ2v) is 16.1. The van der Waals surface area contributed by atoms with Gasteiger partial charge in [0.2, 0.25) is 11.8 Å². The average Bonchev–Trinajstić information content (AvgIpc) is 3.51. The molecule has 228 valence electrons. The van der Waals surface area contributed by atoms with E-state index >= 15 is 0 Å². The van der Waals surface area contributed by atoms with Crippen LogP contribution in [-0.2, 0) is 28.3 Å². The van der Waals surface area contributed by atoms with Crippen LogP contribution in [0.3, 0.4) is 0 Å². The molecule has 3 heterocycles. The largest absolute Gasteiger partial charge is 0.478 e. The van der Waals surface area contributed by atoms with Gasteiger partial charge >= 0.3 is 5.97 Å². The second kappa shape index (κ2) is 10.7. The van der Waals surface area contributed by atoms with Crippen molar-refractivity contribution in [2.24, 2.45) is 23.2 Å². The van der Waals surface area contributed by atoms with E-state index in [1.54, 1.807) is 34.1 Å². The minimum absolute atomic E-state index is 0.156. The van der Waals surface area contributed by atoms with Crippen LogP contribution >= 0.6 is 23.1 Å². The number of aryl methyl sites for hydroxylation is 1. The van der Waals surface area contributed by atoms with E-state index in [9.17, 15) is 24.3 Å². The summed E-state index contributed by atoms with van der Waals surface area (Å²) in [6.45, 7) is 0.358. The first-order valence-electron chi connectivity index (χ1n) is 15.9. The van der Waals surface area contributed by atoms with E-state index in [-0.39, 0.29) is 18.2 Å². The summed E-state index contributed by atoms with van der Waals surface area (Å²) in [7, 11) is 0. The zero-order chi connectivity index (χ0) is 30.2. The number of imide groups is 1. The Morgan fingerprint density at radius 1 is 1.05 bits per heavy atom. The van der Waals surface area contributed by atoms with Gasteiger partial charge in [0.15, 0.2) is 0 Å². The second-order valence-electron chi connectivity index (χ2n) is 13.9. The highest BCUT2D eigenvalue weighted by Crippen LogP contribution is 2.61. The normalized spacial score (nSPS) is 29.0. The molecule has 1 aromatic heterocycles. The van der Waals surface area contributed by atoms with E-state index in [0.29, 0.717) is 29.5 Å². The van der Waals surface area contributed by atoms with Crippen molar-refractivity contribution < 1.29 is 24.3 Å². The molecule has 2 N–H and O–H groups in total. The van der Waals surface area contributed by atoms with E-state index in [1.807, 2.05) is 24.3 Å². The first-order valence-corrected chi connectivity index (χ1v) is 17.7. The molecule has 2 aliphatic heterocycles. The number of carbonyl (C=O) groups excluding carboxylic acids is 3. The Morgan fingerprint density at radius 3 is 2.50 bits per heavy atom. The molecule has 1 unspecified atom stereocenters. The topological polar surface area (TPSA) is 104 Å². The highest BCUT2D eigenvalue weighted by atomic mass is 32.2. The maximum atomic E-state index is 13.4. The molecular weight excluding hydrogens is 593 g/mol. The van der Waals surface area contributed by atoms with E-state index in [0.717, 1.165) is 50.5 Å². The molecule has 9 heteroatoms. The molecule has 3 amide bonds. The number of amides is 3. The molecular formula is C35H36N2O5S2. The van der Waals surface area contributed by atoms with Gasteiger partial charge in [-0.2, -0.15) is 0 Å². The van der Waals surface area contributed by atoms with Crippen molar-refractivity contribution in [3.63, 3.8) is 0 Å². The first-order chi connectivity index (χ1) is 21.2. The minimum atomic E-state index is -0.897. The maximum Gasteiger partial charge on any atom is 0.335 e. The molecule has 9 rings (SSSR count). The molecule has 2 aromatic carbocycles. The molecule has 5 fully saturated rings. The fraction of sp³-hybridized carbons (Fsp3) is 0.486. The Bertz CT molecular complexity index is 1690. The fourth-order valence-electron chi connectivity index (χ4n) is 9.55. The summed E-state index contributed by atoms with van der Waals surface area (Å²) in [5, 5.41) is 13.2. The Morgan fingerprint density at radius 2 is 1.80 bits per heavy atom. The fourth-order valence-corrected chi connectivity index (χ4v) is 12.0. The van der Waals surface area contributed by atoms with Crippen LogP contribution in [0.5, 0.6) is 0 Å². The Labute approximate surface area is 264 Å². The molecule has 7 nitrogen and oxygen atoms in total. The standard InChI is InChI=1S/C35H36N2O5S2/c38-31-7-5-27(32(39)36-31)37-17-26-24(33(37)40)2-1-3-28(26)43-18-30-23(25-13-22(34(41)42)4-6-29(25)44-30)8-9-35-14-19-10-20(15-35)12-21(11-19)16-35/h1-4,6,13,19-21,27H,5,7-12,14-18H2,(H,41,42)(H,36,38,39). The number of thiophene rings is 1. The van der Waals surface area contributed by atoms with Gasteiger partial charge in [-0.05, 0) is 128 Å². The third-order valence-electron chi connectivity index (χ3n) is 11.1. The number of carboxylic acids is 1. The monoisotopic (exact) mass is 628 g/mol. The van der Waals surface area contributed by atoms with Crippen molar-refractivity contribution in [3.05, 3.63) is 63.5 Å². The Kier molecular flexibility index (Phi) is 6.90. The summed E-state index contributed by atoms with van der Waals surface area (Å²) in [4.78, 5) is 53.4. The summed E-state index contributed by atoms with van der Waals surface area (Å²) in [6.07, 6.45) is 11.1. The van der Waals surface area contributed by atoms with Crippen molar-refractivity contribution in [2.75, 3.05) is 0 Å². The molecule has 4 bridgehead atoms. The van der Waals surface area contributed by atoms with E-state index in [4.69, 9.17) is 0 Å². The van der Waals surface area contributed by atoms with Gasteiger partial charge in [0.1, 0.15) is 6.04 Å². The molecule has 1 atom stereocenters. The highest BCUT2D eigenvalue weighted by Gasteiger charge is 2.50. The van der Waals surface area contributed by atoms with Crippen molar-refractivity contribution in [2.45, 2.75) is 87.4 Å². The number of aromatic carboxylic acids is 1. The Balaban J connectivity index is 1.06. The first kappa shape index (κ1) is 28.3. The lowest BCUT2D eigenvalue weighted by atomic mass is 9.48. The number of fused-ring (bicyclic) bond motifs is 2. The SMILES string of the molecule is O=C1CCC(N2Cc3c(SCc4sc5ccc(C(=O)O)cc5c4CCC45CC6CC(CC(C6)C4)C5)cccc3C2=O)C(=O)N1. The van der Waals surface area contributed by atoms with Gasteiger partial charge in [0.25, 0.3) is 5.91 Å². The van der Waals surface area contributed by atoms with Crippen LogP contribution in [0, 0.1) is 23.2 Å². The van der Waals surface area contributed by atoms with Crippen molar-refractivity contribution in [3.8, 4) is 0 Å². The average molecular weight is 629 g/mol. The van der Waals surface area contributed by atoms with Gasteiger partial charge in [-0.1, -0.05) is 6.07 Å². The van der Waals surface area contributed by atoms with Gasteiger partial charge in [-0.15, -0.1) is 23.1 Å². The van der Waals surface area contributed by atoms with Crippen LogP contribution in [0.2, 0.25) is 0 Å². The zero-order valence-corrected chi connectivity index (χ0v) is 26.2. The number of thioether (sulfide) groups is 1. The number of carbonyl (C=O) groups is 4. The number of benzene rings is 2. The number of nitrogens with zero attached hydrogens (tertiary/aromatic N) is 1. The van der Waals surface area contributed by atoms with Crippen LogP contribution in [0.4, 0.5) is 0 Å². The molecule has 3 aromatic rings. The summed E-state index contributed by atoms with van der Waals surface area (Å²) in [6, 6.07) is 10.7. The predicted octanol–water partition coefficient (Wildman–Crippen LogP) is 6.80.